The van der Waals surface area contributed by atoms with Gasteiger partial charge in [-0.3, -0.25) is 4.79 Å². The molecule has 0 aromatic rings. The molecule has 0 aliphatic carbocycles. The van der Waals surface area contributed by atoms with Crippen molar-refractivity contribution in [2.24, 2.45) is 11.8 Å². The summed E-state index contributed by atoms with van der Waals surface area (Å²) in [6, 6.07) is 0.443. The molecule has 17 heavy (non-hydrogen) atoms. The highest BCUT2D eigenvalue weighted by Crippen LogP contribution is 2.16. The number of carbonyl (C=O) groups is 1. The van der Waals surface area contributed by atoms with Crippen LogP contribution in [-0.2, 0) is 4.79 Å². The van der Waals surface area contributed by atoms with E-state index in [1.165, 1.54) is 0 Å². The van der Waals surface area contributed by atoms with Gasteiger partial charge in [0.25, 0.3) is 0 Å². The molecular formula is C13H26N2O2. The van der Waals surface area contributed by atoms with Gasteiger partial charge in [0.2, 0.25) is 5.91 Å². The Kier molecular flexibility index (Phi) is 6.52. The van der Waals surface area contributed by atoms with Gasteiger partial charge in [0, 0.05) is 25.1 Å². The smallest absolute Gasteiger partial charge is 0.223 e. The normalized spacial score (nSPS) is 26.5. The van der Waals surface area contributed by atoms with Gasteiger partial charge < -0.3 is 15.7 Å². The first-order valence-electron chi connectivity index (χ1n) is 6.79. The molecule has 4 nitrogen and oxygen atoms in total. The average Bonchev–Trinajstić information content (AvgIpc) is 2.34. The van der Waals surface area contributed by atoms with E-state index in [0.29, 0.717) is 18.5 Å². The zero-order valence-electron chi connectivity index (χ0n) is 11.0. The maximum absolute atomic E-state index is 12.0. The van der Waals surface area contributed by atoms with Crippen molar-refractivity contribution in [3.63, 3.8) is 0 Å². The lowest BCUT2D eigenvalue weighted by atomic mass is 9.92. The number of aliphatic hydroxyl groups excluding tert-OH is 1. The fourth-order valence-corrected chi connectivity index (χ4v) is 2.39. The lowest BCUT2D eigenvalue weighted by Gasteiger charge is -2.27. The third-order valence-electron chi connectivity index (χ3n) is 3.67. The molecule has 1 aliphatic heterocycles. The maximum atomic E-state index is 12.0. The van der Waals surface area contributed by atoms with E-state index in [4.69, 9.17) is 5.11 Å². The van der Waals surface area contributed by atoms with Crippen molar-refractivity contribution in [1.29, 1.82) is 0 Å². The zero-order chi connectivity index (χ0) is 12.7. The standard InChI is InChI=1S/C13H26N2O2/c1-3-11(5-7-16)9-15-13(17)12-4-6-14-10(2)8-12/h10-12,14,16H,3-9H2,1-2H3,(H,15,17). The van der Waals surface area contributed by atoms with Gasteiger partial charge in [0.15, 0.2) is 0 Å². The molecule has 1 saturated heterocycles. The largest absolute Gasteiger partial charge is 0.396 e. The lowest BCUT2D eigenvalue weighted by Crippen LogP contribution is -2.43. The van der Waals surface area contributed by atoms with E-state index >= 15 is 0 Å². The Morgan fingerprint density at radius 3 is 2.94 bits per heavy atom. The highest BCUT2D eigenvalue weighted by molar-refractivity contribution is 5.78. The van der Waals surface area contributed by atoms with Crippen molar-refractivity contribution in [3.05, 3.63) is 0 Å². The molecule has 3 N–H and O–H groups in total. The molecule has 0 aromatic carbocycles. The van der Waals surface area contributed by atoms with Crippen LogP contribution in [0.1, 0.15) is 39.5 Å². The topological polar surface area (TPSA) is 61.4 Å². The average molecular weight is 242 g/mol. The summed E-state index contributed by atoms with van der Waals surface area (Å²) < 4.78 is 0. The summed E-state index contributed by atoms with van der Waals surface area (Å²) in [6.45, 7) is 6.07. The second-order valence-corrected chi connectivity index (χ2v) is 5.11. The summed E-state index contributed by atoms with van der Waals surface area (Å²) in [6.07, 6.45) is 3.65. The number of piperidine rings is 1. The molecule has 3 atom stereocenters. The number of nitrogens with one attached hydrogen (secondary N) is 2. The van der Waals surface area contributed by atoms with Gasteiger partial charge in [0.1, 0.15) is 0 Å². The number of rotatable bonds is 6. The van der Waals surface area contributed by atoms with Crippen molar-refractivity contribution >= 4 is 5.91 Å². The van der Waals surface area contributed by atoms with Crippen molar-refractivity contribution in [2.75, 3.05) is 19.7 Å². The first-order valence-corrected chi connectivity index (χ1v) is 6.79. The van der Waals surface area contributed by atoms with Crippen LogP contribution in [0.2, 0.25) is 0 Å². The van der Waals surface area contributed by atoms with Crippen molar-refractivity contribution < 1.29 is 9.90 Å². The quantitative estimate of drug-likeness (QED) is 0.648. The van der Waals surface area contributed by atoms with Crippen LogP contribution in [-0.4, -0.2) is 36.8 Å². The molecule has 4 heteroatoms. The van der Waals surface area contributed by atoms with E-state index in [9.17, 15) is 4.79 Å². The third-order valence-corrected chi connectivity index (χ3v) is 3.67. The third kappa shape index (κ3) is 5.04. The molecule has 0 spiro atoms. The van der Waals surface area contributed by atoms with Crippen molar-refractivity contribution in [1.82, 2.24) is 10.6 Å². The van der Waals surface area contributed by atoms with Gasteiger partial charge in [0.05, 0.1) is 0 Å². The summed E-state index contributed by atoms with van der Waals surface area (Å²) in [7, 11) is 0. The molecule has 1 amide bonds. The predicted molar refractivity (Wildman–Crippen MR) is 68.7 cm³/mol. The second kappa shape index (κ2) is 7.67. The first kappa shape index (κ1) is 14.5. The minimum Gasteiger partial charge on any atom is -0.396 e. The zero-order valence-corrected chi connectivity index (χ0v) is 11.0. The molecular weight excluding hydrogens is 216 g/mol. The van der Waals surface area contributed by atoms with Gasteiger partial charge in [-0.1, -0.05) is 13.3 Å². The fraction of sp³-hybridized carbons (Fsp3) is 0.923. The predicted octanol–water partition coefficient (Wildman–Crippen LogP) is 0.899. The van der Waals surface area contributed by atoms with E-state index in [2.05, 4.69) is 24.5 Å². The van der Waals surface area contributed by atoms with Gasteiger partial charge >= 0.3 is 0 Å². The summed E-state index contributed by atoms with van der Waals surface area (Å²) in [4.78, 5) is 12.0. The molecule has 3 unspecified atom stereocenters. The number of hydrogen-bond acceptors (Lipinski definition) is 3. The summed E-state index contributed by atoms with van der Waals surface area (Å²) in [5.41, 5.74) is 0. The molecule has 1 aliphatic rings. The fourth-order valence-electron chi connectivity index (χ4n) is 2.39. The Morgan fingerprint density at radius 2 is 2.35 bits per heavy atom. The van der Waals surface area contributed by atoms with E-state index < -0.39 is 0 Å². The van der Waals surface area contributed by atoms with E-state index in [0.717, 1.165) is 32.2 Å². The number of carbonyl (C=O) groups excluding carboxylic acids is 1. The van der Waals surface area contributed by atoms with E-state index in [-0.39, 0.29) is 18.4 Å². The van der Waals surface area contributed by atoms with Crippen LogP contribution in [0.25, 0.3) is 0 Å². The SMILES string of the molecule is CCC(CCO)CNC(=O)C1CCNC(C)C1. The minimum atomic E-state index is 0.165. The van der Waals surface area contributed by atoms with Crippen LogP contribution in [0.3, 0.4) is 0 Å². The summed E-state index contributed by atoms with van der Waals surface area (Å²) in [5.74, 6) is 0.760. The lowest BCUT2D eigenvalue weighted by molar-refractivity contribution is -0.126. The van der Waals surface area contributed by atoms with Crippen LogP contribution in [0, 0.1) is 11.8 Å². The molecule has 0 radical (unpaired) electrons. The van der Waals surface area contributed by atoms with E-state index in [1.54, 1.807) is 0 Å². The van der Waals surface area contributed by atoms with Crippen molar-refractivity contribution in [2.45, 2.75) is 45.6 Å². The molecule has 1 heterocycles. The Labute approximate surface area is 104 Å². The molecule has 0 saturated carbocycles. The summed E-state index contributed by atoms with van der Waals surface area (Å²) in [5, 5.41) is 15.3. The van der Waals surface area contributed by atoms with Gasteiger partial charge in [-0.25, -0.2) is 0 Å². The number of hydrogen-bond donors (Lipinski definition) is 3. The molecule has 1 rings (SSSR count). The Balaban J connectivity index is 2.28. The van der Waals surface area contributed by atoms with Crippen LogP contribution in [0.15, 0.2) is 0 Å². The Hall–Kier alpha value is -0.610. The molecule has 0 aromatic heterocycles. The monoisotopic (exact) mass is 242 g/mol. The number of aliphatic hydroxyl groups is 1. The van der Waals surface area contributed by atoms with Crippen molar-refractivity contribution in [3.8, 4) is 0 Å². The highest BCUT2D eigenvalue weighted by atomic mass is 16.3. The van der Waals surface area contributed by atoms with Crippen LogP contribution in [0.5, 0.6) is 0 Å². The van der Waals surface area contributed by atoms with Gasteiger partial charge in [-0.2, -0.15) is 0 Å². The van der Waals surface area contributed by atoms with E-state index in [1.807, 2.05) is 0 Å². The maximum Gasteiger partial charge on any atom is 0.223 e. The number of amides is 1. The van der Waals surface area contributed by atoms with Crippen LogP contribution >= 0.6 is 0 Å². The minimum absolute atomic E-state index is 0.165. The van der Waals surface area contributed by atoms with Gasteiger partial charge in [-0.05, 0) is 38.6 Å². The van der Waals surface area contributed by atoms with Gasteiger partial charge in [-0.15, -0.1) is 0 Å². The molecule has 1 fully saturated rings. The second-order valence-electron chi connectivity index (χ2n) is 5.11. The first-order chi connectivity index (χ1) is 8.17. The summed E-state index contributed by atoms with van der Waals surface area (Å²) >= 11 is 0. The van der Waals surface area contributed by atoms with Crippen LogP contribution in [0.4, 0.5) is 0 Å². The van der Waals surface area contributed by atoms with Crippen LogP contribution < -0.4 is 10.6 Å². The Bertz CT molecular complexity index is 233. The Morgan fingerprint density at radius 1 is 1.59 bits per heavy atom. The highest BCUT2D eigenvalue weighted by Gasteiger charge is 2.24. The molecule has 100 valence electrons. The molecule has 0 bridgehead atoms.